The summed E-state index contributed by atoms with van der Waals surface area (Å²) < 4.78 is 13.8. The van der Waals surface area contributed by atoms with Crippen molar-refractivity contribution in [3.63, 3.8) is 0 Å². The van der Waals surface area contributed by atoms with Crippen LogP contribution in [0.25, 0.3) is 0 Å². The summed E-state index contributed by atoms with van der Waals surface area (Å²) in [6, 6.07) is 4.96. The smallest absolute Gasteiger partial charge is 0.307 e. The molecule has 0 atom stereocenters. The van der Waals surface area contributed by atoms with E-state index in [1.807, 2.05) is 0 Å². The van der Waals surface area contributed by atoms with Crippen LogP contribution in [0.4, 0.5) is 10.1 Å². The zero-order valence-corrected chi connectivity index (χ0v) is 10.3. The third-order valence-corrected chi connectivity index (χ3v) is 3.35. The lowest BCUT2D eigenvalue weighted by Crippen LogP contribution is -2.22. The Hall–Kier alpha value is -1.58. The molecule has 4 heteroatoms. The fraction of sp³-hybridized carbons (Fsp3) is 0.500. The lowest BCUT2D eigenvalue weighted by molar-refractivity contribution is -0.136. The summed E-state index contributed by atoms with van der Waals surface area (Å²) >= 11 is 0. The number of carboxylic acid groups (broad SMARTS) is 1. The number of carboxylic acids is 1. The molecule has 0 radical (unpaired) electrons. The minimum atomic E-state index is -0.942. The predicted molar refractivity (Wildman–Crippen MR) is 68.2 cm³/mol. The van der Waals surface area contributed by atoms with Crippen LogP contribution in [0, 0.1) is 5.82 Å². The van der Waals surface area contributed by atoms with E-state index in [9.17, 15) is 9.18 Å². The molecule has 2 rings (SSSR count). The fourth-order valence-corrected chi connectivity index (χ4v) is 2.43. The molecule has 1 saturated carbocycles. The van der Waals surface area contributed by atoms with Crippen molar-refractivity contribution in [2.45, 2.75) is 44.6 Å². The second kappa shape index (κ2) is 5.85. The van der Waals surface area contributed by atoms with Crippen LogP contribution >= 0.6 is 0 Å². The van der Waals surface area contributed by atoms with Gasteiger partial charge in [0.05, 0.1) is 12.1 Å². The van der Waals surface area contributed by atoms with Crippen LogP contribution < -0.4 is 5.32 Å². The van der Waals surface area contributed by atoms with Crippen LogP contribution in [-0.2, 0) is 11.2 Å². The largest absolute Gasteiger partial charge is 0.481 e. The van der Waals surface area contributed by atoms with Crippen LogP contribution in [0.3, 0.4) is 0 Å². The van der Waals surface area contributed by atoms with E-state index in [2.05, 4.69) is 5.32 Å². The van der Waals surface area contributed by atoms with Crippen LogP contribution in [-0.4, -0.2) is 17.1 Å². The molecule has 1 aromatic carbocycles. The molecule has 1 fully saturated rings. The van der Waals surface area contributed by atoms with Crippen LogP contribution in [0.15, 0.2) is 18.2 Å². The maximum atomic E-state index is 13.8. The molecule has 1 aromatic rings. The van der Waals surface area contributed by atoms with E-state index in [-0.39, 0.29) is 12.2 Å². The molecule has 98 valence electrons. The summed E-state index contributed by atoms with van der Waals surface area (Å²) in [4.78, 5) is 10.5. The SMILES string of the molecule is O=C(O)Cc1ccc(NC2CCCCC2)c(F)c1. The molecule has 0 aliphatic heterocycles. The minimum absolute atomic E-state index is 0.138. The number of halogens is 1. The standard InChI is InChI=1S/C14H18FNO2/c15-12-8-10(9-14(17)18)6-7-13(12)16-11-4-2-1-3-5-11/h6-8,11,16H,1-5,9H2,(H,17,18). The lowest BCUT2D eigenvalue weighted by atomic mass is 9.95. The summed E-state index contributed by atoms with van der Waals surface area (Å²) in [5.74, 6) is -1.30. The van der Waals surface area contributed by atoms with Crippen molar-refractivity contribution in [3.05, 3.63) is 29.6 Å². The van der Waals surface area contributed by atoms with E-state index in [1.54, 1.807) is 12.1 Å². The number of anilines is 1. The van der Waals surface area contributed by atoms with Gasteiger partial charge in [-0.15, -0.1) is 0 Å². The van der Waals surface area contributed by atoms with Gasteiger partial charge in [0.15, 0.2) is 0 Å². The third-order valence-electron chi connectivity index (χ3n) is 3.35. The van der Waals surface area contributed by atoms with Gasteiger partial charge in [0.1, 0.15) is 5.82 Å². The van der Waals surface area contributed by atoms with Gasteiger partial charge >= 0.3 is 5.97 Å². The Morgan fingerprint density at radius 2 is 2.06 bits per heavy atom. The molecule has 0 unspecified atom stereocenters. The molecule has 18 heavy (non-hydrogen) atoms. The van der Waals surface area contributed by atoms with E-state index in [1.165, 1.54) is 25.3 Å². The Morgan fingerprint density at radius 1 is 1.33 bits per heavy atom. The summed E-state index contributed by atoms with van der Waals surface area (Å²) in [5, 5.41) is 11.9. The Bertz CT molecular complexity index is 428. The first-order chi connectivity index (χ1) is 8.65. The number of carbonyl (C=O) groups is 1. The van der Waals surface area contributed by atoms with Gasteiger partial charge < -0.3 is 10.4 Å². The first-order valence-corrected chi connectivity index (χ1v) is 6.42. The molecule has 1 aliphatic carbocycles. The van der Waals surface area contributed by atoms with Crippen molar-refractivity contribution in [2.24, 2.45) is 0 Å². The van der Waals surface area contributed by atoms with Gasteiger partial charge in [0.25, 0.3) is 0 Å². The number of hydrogen-bond acceptors (Lipinski definition) is 2. The number of benzene rings is 1. The normalized spacial score (nSPS) is 16.5. The van der Waals surface area contributed by atoms with Crippen molar-refractivity contribution >= 4 is 11.7 Å². The van der Waals surface area contributed by atoms with Gasteiger partial charge in [0, 0.05) is 6.04 Å². The van der Waals surface area contributed by atoms with Crippen molar-refractivity contribution in [1.82, 2.24) is 0 Å². The average molecular weight is 251 g/mol. The quantitative estimate of drug-likeness (QED) is 0.864. The van der Waals surface area contributed by atoms with Crippen molar-refractivity contribution < 1.29 is 14.3 Å². The summed E-state index contributed by atoms with van der Waals surface area (Å²) in [5.41, 5.74) is 0.977. The maximum absolute atomic E-state index is 13.8. The molecule has 1 aliphatic rings. The minimum Gasteiger partial charge on any atom is -0.481 e. The fourth-order valence-electron chi connectivity index (χ4n) is 2.43. The second-order valence-corrected chi connectivity index (χ2v) is 4.86. The zero-order valence-electron chi connectivity index (χ0n) is 10.3. The highest BCUT2D eigenvalue weighted by atomic mass is 19.1. The first-order valence-electron chi connectivity index (χ1n) is 6.42. The molecule has 3 nitrogen and oxygen atoms in total. The van der Waals surface area contributed by atoms with E-state index in [4.69, 9.17) is 5.11 Å². The average Bonchev–Trinajstić information content (AvgIpc) is 2.33. The van der Waals surface area contributed by atoms with Gasteiger partial charge in [-0.2, -0.15) is 0 Å². The Balaban J connectivity index is 2.02. The highest BCUT2D eigenvalue weighted by Gasteiger charge is 2.15. The monoisotopic (exact) mass is 251 g/mol. The van der Waals surface area contributed by atoms with Gasteiger partial charge in [-0.3, -0.25) is 4.79 Å². The topological polar surface area (TPSA) is 49.3 Å². The molecule has 0 heterocycles. The third kappa shape index (κ3) is 3.45. The second-order valence-electron chi connectivity index (χ2n) is 4.86. The molecule has 2 N–H and O–H groups in total. The van der Waals surface area contributed by atoms with Crippen LogP contribution in [0.1, 0.15) is 37.7 Å². The first kappa shape index (κ1) is 12.9. The zero-order chi connectivity index (χ0) is 13.0. The van der Waals surface area contributed by atoms with Gasteiger partial charge in [-0.25, -0.2) is 4.39 Å². The van der Waals surface area contributed by atoms with E-state index >= 15 is 0 Å². The molecule has 0 bridgehead atoms. The van der Waals surface area contributed by atoms with Crippen molar-refractivity contribution in [2.75, 3.05) is 5.32 Å². The number of hydrogen-bond donors (Lipinski definition) is 2. The molecule has 0 spiro atoms. The summed E-state index contributed by atoms with van der Waals surface area (Å²) in [6.45, 7) is 0. The molecular formula is C14H18FNO2. The number of aliphatic carboxylic acids is 1. The highest BCUT2D eigenvalue weighted by Crippen LogP contribution is 2.23. The lowest BCUT2D eigenvalue weighted by Gasteiger charge is -2.24. The Morgan fingerprint density at radius 3 is 2.67 bits per heavy atom. The van der Waals surface area contributed by atoms with Crippen LogP contribution in [0.5, 0.6) is 0 Å². The molecule has 0 amide bonds. The molecule has 0 aromatic heterocycles. The van der Waals surface area contributed by atoms with Crippen molar-refractivity contribution in [1.29, 1.82) is 0 Å². The number of rotatable bonds is 4. The number of nitrogens with one attached hydrogen (secondary N) is 1. The van der Waals surface area contributed by atoms with Crippen LogP contribution in [0.2, 0.25) is 0 Å². The van der Waals surface area contributed by atoms with E-state index in [0.717, 1.165) is 12.8 Å². The molecule has 0 saturated heterocycles. The Labute approximate surface area is 106 Å². The highest BCUT2D eigenvalue weighted by molar-refractivity contribution is 5.70. The predicted octanol–water partition coefficient (Wildman–Crippen LogP) is 3.20. The van der Waals surface area contributed by atoms with Gasteiger partial charge in [0.2, 0.25) is 0 Å². The maximum Gasteiger partial charge on any atom is 0.307 e. The van der Waals surface area contributed by atoms with E-state index < -0.39 is 5.97 Å². The Kier molecular flexibility index (Phi) is 4.18. The summed E-state index contributed by atoms with van der Waals surface area (Å²) in [7, 11) is 0. The molecular weight excluding hydrogens is 233 g/mol. The van der Waals surface area contributed by atoms with Gasteiger partial charge in [-0.1, -0.05) is 25.3 Å². The van der Waals surface area contributed by atoms with Crippen molar-refractivity contribution in [3.8, 4) is 0 Å². The summed E-state index contributed by atoms with van der Waals surface area (Å²) in [6.07, 6.45) is 5.66. The van der Waals surface area contributed by atoms with Gasteiger partial charge in [-0.05, 0) is 30.5 Å². The van der Waals surface area contributed by atoms with E-state index in [0.29, 0.717) is 17.3 Å².